The molecule has 0 bridgehead atoms. The van der Waals surface area contributed by atoms with E-state index in [1.165, 1.54) is 12.8 Å². The molecule has 2 fully saturated rings. The van der Waals surface area contributed by atoms with Crippen LogP contribution in [0.1, 0.15) is 44.6 Å². The molecular formula is C21H30N2O5. The molecule has 1 aliphatic carbocycles. The molecule has 2 aliphatic rings. The van der Waals surface area contributed by atoms with Crippen molar-refractivity contribution in [1.82, 2.24) is 10.2 Å². The Hall–Kier alpha value is -2.44. The van der Waals surface area contributed by atoms with E-state index in [-0.39, 0.29) is 24.6 Å². The molecule has 1 saturated heterocycles. The van der Waals surface area contributed by atoms with Crippen LogP contribution in [0.25, 0.3) is 0 Å². The lowest BCUT2D eigenvalue weighted by Gasteiger charge is -2.34. The maximum Gasteiger partial charge on any atom is 0.317 e. The van der Waals surface area contributed by atoms with Crippen LogP contribution in [0.2, 0.25) is 0 Å². The molecule has 0 radical (unpaired) electrons. The first kappa shape index (κ1) is 20.3. The van der Waals surface area contributed by atoms with Gasteiger partial charge in [-0.05, 0) is 55.7 Å². The average Bonchev–Trinajstić information content (AvgIpc) is 3.18. The van der Waals surface area contributed by atoms with E-state index in [1.54, 1.807) is 12.0 Å². The van der Waals surface area contributed by atoms with Crippen LogP contribution in [0.4, 0.5) is 4.79 Å². The molecule has 2 amide bonds. The van der Waals surface area contributed by atoms with Crippen molar-refractivity contribution in [3.05, 3.63) is 23.8 Å². The van der Waals surface area contributed by atoms with Crippen LogP contribution in [0.5, 0.6) is 11.5 Å². The number of carbonyl (C=O) groups excluding carboxylic acids is 1. The summed E-state index contributed by atoms with van der Waals surface area (Å²) >= 11 is 0. The number of likely N-dealkylation sites (tertiary alicyclic amines) is 1. The largest absolute Gasteiger partial charge is 0.493 e. The maximum atomic E-state index is 12.5. The van der Waals surface area contributed by atoms with Crippen LogP contribution in [0, 0.1) is 11.8 Å². The lowest BCUT2D eigenvalue weighted by molar-refractivity contribution is -0.143. The molecule has 1 aliphatic heterocycles. The molecule has 0 aromatic heterocycles. The molecule has 1 aromatic carbocycles. The molecule has 3 rings (SSSR count). The summed E-state index contributed by atoms with van der Waals surface area (Å²) in [5.41, 5.74) is 0.919. The van der Waals surface area contributed by atoms with Crippen molar-refractivity contribution >= 4 is 12.0 Å². The average molecular weight is 390 g/mol. The Balaban J connectivity index is 1.60. The number of methoxy groups -OCH3 is 1. The fraction of sp³-hybridized carbons (Fsp3) is 0.619. The van der Waals surface area contributed by atoms with E-state index < -0.39 is 11.9 Å². The summed E-state index contributed by atoms with van der Waals surface area (Å²) in [7, 11) is 1.62. The first-order chi connectivity index (χ1) is 13.5. The van der Waals surface area contributed by atoms with Crippen molar-refractivity contribution < 1.29 is 24.2 Å². The number of piperidine rings is 1. The quantitative estimate of drug-likeness (QED) is 0.778. The lowest BCUT2D eigenvalue weighted by atomic mass is 9.91. The third kappa shape index (κ3) is 5.09. The van der Waals surface area contributed by atoms with Gasteiger partial charge in [0.05, 0.1) is 19.1 Å². The van der Waals surface area contributed by atoms with Gasteiger partial charge in [0.2, 0.25) is 0 Å². The van der Waals surface area contributed by atoms with E-state index in [2.05, 4.69) is 5.32 Å². The van der Waals surface area contributed by atoms with E-state index in [4.69, 9.17) is 9.47 Å². The van der Waals surface area contributed by atoms with Crippen molar-refractivity contribution in [3.8, 4) is 11.5 Å². The summed E-state index contributed by atoms with van der Waals surface area (Å²) < 4.78 is 11.5. The minimum Gasteiger partial charge on any atom is -0.493 e. The summed E-state index contributed by atoms with van der Waals surface area (Å²) in [4.78, 5) is 25.4. The number of nitrogens with zero attached hydrogens (tertiary/aromatic N) is 1. The Morgan fingerprint density at radius 3 is 2.64 bits per heavy atom. The number of carboxylic acids is 1. The van der Waals surface area contributed by atoms with Crippen molar-refractivity contribution in [2.75, 3.05) is 20.2 Å². The molecule has 2 atom stereocenters. The molecule has 1 heterocycles. The van der Waals surface area contributed by atoms with Gasteiger partial charge in [-0.2, -0.15) is 0 Å². The van der Waals surface area contributed by atoms with E-state index in [9.17, 15) is 14.7 Å². The number of nitrogens with one attached hydrogen (secondary N) is 1. The van der Waals surface area contributed by atoms with Gasteiger partial charge >= 0.3 is 12.0 Å². The van der Waals surface area contributed by atoms with Crippen LogP contribution >= 0.6 is 0 Å². The van der Waals surface area contributed by atoms with Crippen LogP contribution in [-0.2, 0) is 11.3 Å². The molecule has 7 nitrogen and oxygen atoms in total. The van der Waals surface area contributed by atoms with Crippen molar-refractivity contribution in [3.63, 3.8) is 0 Å². The Bertz CT molecular complexity index is 702. The van der Waals surface area contributed by atoms with Gasteiger partial charge in [-0.25, -0.2) is 4.79 Å². The van der Waals surface area contributed by atoms with E-state index in [1.807, 2.05) is 25.1 Å². The highest BCUT2D eigenvalue weighted by Gasteiger charge is 2.31. The molecular weight excluding hydrogens is 360 g/mol. The van der Waals surface area contributed by atoms with Crippen molar-refractivity contribution in [2.24, 2.45) is 11.8 Å². The molecule has 2 N–H and O–H groups in total. The van der Waals surface area contributed by atoms with Gasteiger partial charge in [0.1, 0.15) is 0 Å². The zero-order valence-electron chi connectivity index (χ0n) is 16.6. The van der Waals surface area contributed by atoms with E-state index in [0.717, 1.165) is 18.4 Å². The van der Waals surface area contributed by atoms with Gasteiger partial charge < -0.3 is 24.8 Å². The standard InChI is InChI=1S/C21H30N2O5/c1-14-9-16(20(24)25)13-23(12-14)21(26)22-11-15-7-8-18(27-2)19(10-15)28-17-5-3-4-6-17/h7-8,10,14,16-17H,3-6,9,11-13H2,1-2H3,(H,22,26)(H,24,25). The van der Waals surface area contributed by atoms with Crippen LogP contribution in [0.15, 0.2) is 18.2 Å². The fourth-order valence-corrected chi connectivity index (χ4v) is 4.09. The minimum absolute atomic E-state index is 0.174. The third-order valence-electron chi connectivity index (χ3n) is 5.56. The number of ether oxygens (including phenoxy) is 2. The fourth-order valence-electron chi connectivity index (χ4n) is 4.09. The lowest BCUT2D eigenvalue weighted by Crippen LogP contribution is -2.49. The second kappa shape index (κ2) is 9.17. The molecule has 7 heteroatoms. The number of hydrogen-bond donors (Lipinski definition) is 2. The number of aliphatic carboxylic acids is 1. The number of amides is 2. The second-order valence-electron chi connectivity index (χ2n) is 7.95. The van der Waals surface area contributed by atoms with Gasteiger partial charge in [0.25, 0.3) is 0 Å². The van der Waals surface area contributed by atoms with Gasteiger partial charge in [-0.1, -0.05) is 13.0 Å². The predicted molar refractivity (Wildman–Crippen MR) is 105 cm³/mol. The van der Waals surface area contributed by atoms with Gasteiger partial charge in [-0.15, -0.1) is 0 Å². The normalized spacial score (nSPS) is 22.7. The first-order valence-electron chi connectivity index (χ1n) is 10.1. The smallest absolute Gasteiger partial charge is 0.317 e. The maximum absolute atomic E-state index is 12.5. The van der Waals surface area contributed by atoms with Gasteiger partial charge in [0.15, 0.2) is 11.5 Å². The minimum atomic E-state index is -0.840. The number of carbonyl (C=O) groups is 2. The van der Waals surface area contributed by atoms with Crippen LogP contribution in [-0.4, -0.2) is 48.3 Å². The first-order valence-corrected chi connectivity index (χ1v) is 10.1. The number of benzene rings is 1. The van der Waals surface area contributed by atoms with E-state index in [0.29, 0.717) is 31.0 Å². The predicted octanol–water partition coefficient (Wildman–Crippen LogP) is 3.27. The third-order valence-corrected chi connectivity index (χ3v) is 5.56. The van der Waals surface area contributed by atoms with Crippen LogP contribution in [0.3, 0.4) is 0 Å². The Kier molecular flexibility index (Phi) is 6.65. The number of carboxylic acid groups (broad SMARTS) is 1. The Labute approximate surface area is 166 Å². The van der Waals surface area contributed by atoms with Crippen LogP contribution < -0.4 is 14.8 Å². The summed E-state index contributed by atoms with van der Waals surface area (Å²) in [6, 6.07) is 5.44. The van der Waals surface area contributed by atoms with E-state index >= 15 is 0 Å². The monoisotopic (exact) mass is 390 g/mol. The Morgan fingerprint density at radius 2 is 1.96 bits per heavy atom. The zero-order chi connectivity index (χ0) is 20.1. The Morgan fingerprint density at radius 1 is 1.21 bits per heavy atom. The summed E-state index contributed by atoms with van der Waals surface area (Å²) in [5, 5.41) is 12.2. The number of rotatable bonds is 6. The highest BCUT2D eigenvalue weighted by molar-refractivity contribution is 5.76. The summed E-state index contributed by atoms with van der Waals surface area (Å²) in [5.74, 6) is 0.234. The molecule has 28 heavy (non-hydrogen) atoms. The summed E-state index contributed by atoms with van der Waals surface area (Å²) in [6.07, 6.45) is 5.33. The molecule has 154 valence electrons. The van der Waals surface area contributed by atoms with Gasteiger partial charge in [0, 0.05) is 19.6 Å². The highest BCUT2D eigenvalue weighted by atomic mass is 16.5. The molecule has 0 spiro atoms. The van der Waals surface area contributed by atoms with Crippen molar-refractivity contribution in [2.45, 2.75) is 51.7 Å². The zero-order valence-corrected chi connectivity index (χ0v) is 16.6. The molecule has 1 saturated carbocycles. The topological polar surface area (TPSA) is 88.1 Å². The second-order valence-corrected chi connectivity index (χ2v) is 7.95. The molecule has 2 unspecified atom stereocenters. The number of hydrogen-bond acceptors (Lipinski definition) is 4. The molecule has 1 aromatic rings. The highest BCUT2D eigenvalue weighted by Crippen LogP contribution is 2.32. The number of urea groups is 1. The van der Waals surface area contributed by atoms with Gasteiger partial charge in [-0.3, -0.25) is 4.79 Å². The summed E-state index contributed by atoms with van der Waals surface area (Å²) in [6.45, 7) is 3.16. The SMILES string of the molecule is COc1ccc(CNC(=O)N2CC(C)CC(C(=O)O)C2)cc1OC1CCCC1. The van der Waals surface area contributed by atoms with Crippen molar-refractivity contribution in [1.29, 1.82) is 0 Å².